The highest BCUT2D eigenvalue weighted by molar-refractivity contribution is 7.21. The molecule has 0 fully saturated rings. The van der Waals surface area contributed by atoms with Gasteiger partial charge in [-0.15, -0.1) is 11.3 Å². The maximum absolute atomic E-state index is 13.9. The van der Waals surface area contributed by atoms with Gasteiger partial charge in [0.1, 0.15) is 10.7 Å². The van der Waals surface area contributed by atoms with E-state index in [-0.39, 0.29) is 11.4 Å². The van der Waals surface area contributed by atoms with Crippen LogP contribution < -0.4 is 5.48 Å². The lowest BCUT2D eigenvalue weighted by Crippen LogP contribution is -2.29. The third-order valence-electron chi connectivity index (χ3n) is 2.58. The van der Waals surface area contributed by atoms with Crippen molar-refractivity contribution in [3.05, 3.63) is 34.5 Å². The number of carboxylic acids is 1. The zero-order valence-corrected chi connectivity index (χ0v) is 12.3. The molecule has 0 unspecified atom stereocenters. The van der Waals surface area contributed by atoms with E-state index in [0.29, 0.717) is 15.6 Å². The Morgan fingerprint density at radius 2 is 2.15 bits per heavy atom. The van der Waals surface area contributed by atoms with Crippen molar-refractivity contribution in [2.75, 3.05) is 0 Å². The van der Waals surface area contributed by atoms with Crippen molar-refractivity contribution in [3.63, 3.8) is 0 Å². The fourth-order valence-electron chi connectivity index (χ4n) is 1.83. The molecule has 0 spiro atoms. The number of fused-ring (bicyclic) bond motifs is 1. The Morgan fingerprint density at radius 1 is 1.45 bits per heavy atom. The van der Waals surface area contributed by atoms with Crippen molar-refractivity contribution in [3.8, 4) is 0 Å². The van der Waals surface area contributed by atoms with Gasteiger partial charge in [0, 0.05) is 22.2 Å². The number of carboxylic acid groups (broad SMARTS) is 1. The predicted octanol–water partition coefficient (Wildman–Crippen LogP) is 3.56. The molecule has 1 aromatic carbocycles. The maximum Gasteiger partial charge on any atom is 0.346 e. The van der Waals surface area contributed by atoms with E-state index in [9.17, 15) is 14.3 Å². The summed E-state index contributed by atoms with van der Waals surface area (Å²) in [6, 6.07) is 4.61. The molecule has 0 saturated carbocycles. The van der Waals surface area contributed by atoms with Crippen LogP contribution in [0.1, 0.15) is 36.0 Å². The number of rotatable bonds is 4. The molecule has 0 aliphatic heterocycles. The van der Waals surface area contributed by atoms with Gasteiger partial charge in [0.2, 0.25) is 0 Å². The third kappa shape index (κ3) is 3.15. The van der Waals surface area contributed by atoms with Crippen LogP contribution in [0.5, 0.6) is 0 Å². The van der Waals surface area contributed by atoms with Crippen LogP contribution >= 0.6 is 11.3 Å². The second kappa shape index (κ2) is 5.47. The Labute approximate surface area is 120 Å². The van der Waals surface area contributed by atoms with Crippen LogP contribution in [0.3, 0.4) is 0 Å². The summed E-state index contributed by atoms with van der Waals surface area (Å²) in [4.78, 5) is 16.8. The van der Waals surface area contributed by atoms with E-state index in [1.807, 2.05) is 20.8 Å². The molecule has 0 amide bonds. The lowest BCUT2D eigenvalue weighted by atomic mass is 10.1. The van der Waals surface area contributed by atoms with Crippen LogP contribution in [-0.2, 0) is 11.4 Å². The van der Waals surface area contributed by atoms with Gasteiger partial charge in [0.15, 0.2) is 0 Å². The van der Waals surface area contributed by atoms with Crippen molar-refractivity contribution >= 4 is 27.4 Å². The molecule has 0 radical (unpaired) electrons. The average Bonchev–Trinajstić information content (AvgIpc) is 2.68. The number of halogens is 1. The third-order valence-corrected chi connectivity index (χ3v) is 3.77. The van der Waals surface area contributed by atoms with Gasteiger partial charge in [0.25, 0.3) is 0 Å². The molecule has 2 rings (SSSR count). The summed E-state index contributed by atoms with van der Waals surface area (Å²) in [6.07, 6.45) is 0. The van der Waals surface area contributed by atoms with E-state index in [2.05, 4.69) is 5.48 Å². The first-order chi connectivity index (χ1) is 9.29. The molecular weight excluding hydrogens is 281 g/mol. The highest BCUT2D eigenvalue weighted by Crippen LogP contribution is 2.33. The zero-order chi connectivity index (χ0) is 14.9. The van der Waals surface area contributed by atoms with Crippen molar-refractivity contribution in [2.45, 2.75) is 32.9 Å². The summed E-state index contributed by atoms with van der Waals surface area (Å²) in [5.74, 6) is -1.48. The second-order valence-corrected chi connectivity index (χ2v) is 6.42. The van der Waals surface area contributed by atoms with E-state index < -0.39 is 17.4 Å². The smallest absolute Gasteiger partial charge is 0.346 e. The maximum atomic E-state index is 13.9. The summed E-state index contributed by atoms with van der Waals surface area (Å²) >= 11 is 1.07. The quantitative estimate of drug-likeness (QED) is 0.847. The molecule has 0 saturated heterocycles. The van der Waals surface area contributed by atoms with Crippen LogP contribution in [0.2, 0.25) is 0 Å². The molecule has 0 bridgehead atoms. The summed E-state index contributed by atoms with van der Waals surface area (Å²) in [6.45, 7) is 5.74. The molecule has 6 heteroatoms. The average molecular weight is 297 g/mol. The van der Waals surface area contributed by atoms with Gasteiger partial charge in [-0.1, -0.05) is 6.07 Å². The Morgan fingerprint density at radius 3 is 2.75 bits per heavy atom. The first-order valence-corrected chi connectivity index (χ1v) is 6.95. The molecule has 2 aromatic rings. The number of hydrogen-bond acceptors (Lipinski definition) is 4. The second-order valence-electron chi connectivity index (χ2n) is 5.36. The van der Waals surface area contributed by atoms with Crippen molar-refractivity contribution < 1.29 is 19.1 Å². The molecule has 2 N–H and O–H groups in total. The summed E-state index contributed by atoms with van der Waals surface area (Å²) < 4.78 is 14.6. The summed E-state index contributed by atoms with van der Waals surface area (Å²) in [5.41, 5.74) is 2.73. The lowest BCUT2D eigenvalue weighted by molar-refractivity contribution is -0.0756. The zero-order valence-electron chi connectivity index (χ0n) is 11.5. The molecule has 0 atom stereocenters. The Balaban J connectivity index is 2.39. The van der Waals surface area contributed by atoms with Gasteiger partial charge in [-0.2, -0.15) is 5.48 Å². The van der Waals surface area contributed by atoms with E-state index in [1.165, 1.54) is 6.07 Å². The molecule has 1 aromatic heterocycles. The Hall–Kier alpha value is -1.50. The fraction of sp³-hybridized carbons (Fsp3) is 0.357. The normalized spacial score (nSPS) is 12.0. The topological polar surface area (TPSA) is 58.6 Å². The highest BCUT2D eigenvalue weighted by atomic mass is 32.1. The molecule has 20 heavy (non-hydrogen) atoms. The molecule has 4 nitrogen and oxygen atoms in total. The largest absolute Gasteiger partial charge is 0.477 e. The summed E-state index contributed by atoms with van der Waals surface area (Å²) in [5, 5.41) is 9.58. The van der Waals surface area contributed by atoms with Gasteiger partial charge in [-0.25, -0.2) is 9.18 Å². The number of thiophene rings is 1. The van der Waals surface area contributed by atoms with Gasteiger partial charge in [-0.3, -0.25) is 4.84 Å². The van der Waals surface area contributed by atoms with Crippen LogP contribution in [0.15, 0.2) is 18.2 Å². The van der Waals surface area contributed by atoms with Crippen LogP contribution in [0.25, 0.3) is 10.1 Å². The first-order valence-electron chi connectivity index (χ1n) is 6.13. The molecule has 1 heterocycles. The number of hydroxylamine groups is 1. The van der Waals surface area contributed by atoms with E-state index in [0.717, 1.165) is 11.3 Å². The number of carbonyl (C=O) groups is 1. The van der Waals surface area contributed by atoms with Crippen LogP contribution in [-0.4, -0.2) is 16.7 Å². The SMILES string of the molecule is CC(C)(C)ONCc1c(C(=O)O)sc2cccc(F)c12. The number of aromatic carboxylic acids is 1. The molecular formula is C14H16FNO3S. The van der Waals surface area contributed by atoms with Gasteiger partial charge >= 0.3 is 5.97 Å². The van der Waals surface area contributed by atoms with Crippen molar-refractivity contribution in [1.82, 2.24) is 5.48 Å². The van der Waals surface area contributed by atoms with Crippen LogP contribution in [0.4, 0.5) is 4.39 Å². The Kier molecular flexibility index (Phi) is 4.08. The minimum atomic E-state index is -1.06. The molecule has 108 valence electrons. The first kappa shape index (κ1) is 14.9. The predicted molar refractivity (Wildman–Crippen MR) is 76.4 cm³/mol. The van der Waals surface area contributed by atoms with Gasteiger partial charge < -0.3 is 5.11 Å². The standard InChI is InChI=1S/C14H16FNO3S/c1-14(2,3)19-16-7-8-11-9(15)5-4-6-10(11)20-12(8)13(17)18/h4-6,16H,7H2,1-3H3,(H,17,18). The highest BCUT2D eigenvalue weighted by Gasteiger charge is 2.20. The molecule has 0 aliphatic carbocycles. The minimum absolute atomic E-state index is 0.134. The van der Waals surface area contributed by atoms with E-state index in [1.54, 1.807) is 12.1 Å². The lowest BCUT2D eigenvalue weighted by Gasteiger charge is -2.19. The van der Waals surface area contributed by atoms with E-state index >= 15 is 0 Å². The van der Waals surface area contributed by atoms with Crippen molar-refractivity contribution in [1.29, 1.82) is 0 Å². The van der Waals surface area contributed by atoms with Gasteiger partial charge in [0.05, 0.1) is 5.60 Å². The summed E-state index contributed by atoms with van der Waals surface area (Å²) in [7, 11) is 0. The Bertz CT molecular complexity index is 646. The minimum Gasteiger partial charge on any atom is -0.477 e. The van der Waals surface area contributed by atoms with Crippen molar-refractivity contribution in [2.24, 2.45) is 0 Å². The fourth-order valence-corrected chi connectivity index (χ4v) is 2.91. The number of benzene rings is 1. The number of hydrogen-bond donors (Lipinski definition) is 2. The monoisotopic (exact) mass is 297 g/mol. The number of nitrogens with one attached hydrogen (secondary N) is 1. The van der Waals surface area contributed by atoms with E-state index in [4.69, 9.17) is 4.84 Å². The molecule has 0 aliphatic rings. The van der Waals surface area contributed by atoms with Crippen LogP contribution in [0, 0.1) is 5.82 Å². The van der Waals surface area contributed by atoms with Gasteiger partial charge in [-0.05, 0) is 32.9 Å².